The number of hydrogen-bond acceptors (Lipinski definition) is 9. The van der Waals surface area contributed by atoms with Gasteiger partial charge in [0.25, 0.3) is 0 Å². The molecule has 0 unspecified atom stereocenters. The summed E-state index contributed by atoms with van der Waals surface area (Å²) in [6.07, 6.45) is 1.22. The zero-order valence-electron chi connectivity index (χ0n) is 33.1. The Bertz CT molecular complexity index is 2670. The fraction of sp³-hybridized carbons (Fsp3) is 0.157. The Morgan fingerprint density at radius 2 is 0.917 bits per heavy atom. The fourth-order valence-electron chi connectivity index (χ4n) is 7.71. The first-order valence-corrected chi connectivity index (χ1v) is 19.7. The fourth-order valence-corrected chi connectivity index (χ4v) is 7.71. The Morgan fingerprint density at radius 3 is 1.52 bits per heavy atom. The van der Waals surface area contributed by atoms with Crippen molar-refractivity contribution in [3.63, 3.8) is 0 Å². The van der Waals surface area contributed by atoms with Crippen LogP contribution in [0, 0.1) is 0 Å². The van der Waals surface area contributed by atoms with Crippen molar-refractivity contribution in [3.05, 3.63) is 200 Å². The summed E-state index contributed by atoms with van der Waals surface area (Å²) in [5.74, 6) is -1.01. The van der Waals surface area contributed by atoms with E-state index in [9.17, 15) is 40.5 Å². The van der Waals surface area contributed by atoms with Gasteiger partial charge in [0.2, 0.25) is 0 Å². The number of aryl methyl sites for hydroxylation is 1. The lowest BCUT2D eigenvalue weighted by Crippen LogP contribution is -2.10. The molecule has 0 fully saturated rings. The molecule has 0 heterocycles. The van der Waals surface area contributed by atoms with Gasteiger partial charge in [-0.15, -0.1) is 0 Å². The molecule has 9 heteroatoms. The molecule has 7 aromatic rings. The molecule has 9 nitrogen and oxygen atoms in total. The smallest absolute Gasteiger partial charge is 0.170 e. The van der Waals surface area contributed by atoms with E-state index in [-0.39, 0.29) is 89.0 Å². The predicted molar refractivity (Wildman–Crippen MR) is 230 cm³/mol. The van der Waals surface area contributed by atoms with Crippen molar-refractivity contribution in [2.24, 2.45) is 0 Å². The van der Waals surface area contributed by atoms with Crippen molar-refractivity contribution >= 4 is 5.78 Å². The van der Waals surface area contributed by atoms with Gasteiger partial charge in [0.15, 0.2) is 5.78 Å². The number of ether oxygens (including phenoxy) is 1. The number of phenolic OH excluding ortho intramolecular Hbond substituents is 7. The van der Waals surface area contributed by atoms with E-state index >= 15 is 0 Å². The van der Waals surface area contributed by atoms with E-state index in [4.69, 9.17) is 4.74 Å². The van der Waals surface area contributed by atoms with Gasteiger partial charge in [-0.2, -0.15) is 0 Å². The molecule has 7 N–H and O–H groups in total. The molecule has 0 bridgehead atoms. The molecule has 60 heavy (non-hydrogen) atoms. The summed E-state index contributed by atoms with van der Waals surface area (Å²) in [6, 6.07) is 38.8. The number of methoxy groups -OCH3 is 1. The third-order valence-corrected chi connectivity index (χ3v) is 10.9. The van der Waals surface area contributed by atoms with Crippen LogP contribution in [0.25, 0.3) is 0 Å². The van der Waals surface area contributed by atoms with Crippen LogP contribution < -0.4 is 4.74 Å². The summed E-state index contributed by atoms with van der Waals surface area (Å²) in [5, 5.41) is 77.9. The molecular formula is C51H46O9. The summed E-state index contributed by atoms with van der Waals surface area (Å²) in [5.41, 5.74) is 6.01. The minimum atomic E-state index is -0.466. The summed E-state index contributed by atoms with van der Waals surface area (Å²) in [7, 11) is 1.36. The van der Waals surface area contributed by atoms with E-state index in [2.05, 4.69) is 0 Å². The number of aromatic hydroxyl groups is 7. The van der Waals surface area contributed by atoms with Crippen LogP contribution in [-0.2, 0) is 38.5 Å². The minimum absolute atomic E-state index is 0.000989. The van der Waals surface area contributed by atoms with Gasteiger partial charge in [-0.05, 0) is 80.8 Å². The van der Waals surface area contributed by atoms with Crippen LogP contribution in [0.4, 0.5) is 0 Å². The van der Waals surface area contributed by atoms with E-state index in [1.807, 2.05) is 54.6 Å². The monoisotopic (exact) mass is 802 g/mol. The first-order chi connectivity index (χ1) is 29.0. The van der Waals surface area contributed by atoms with Crippen LogP contribution in [0.15, 0.2) is 133 Å². The number of carbonyl (C=O) groups excluding carboxylic acids is 1. The van der Waals surface area contributed by atoms with E-state index in [1.165, 1.54) is 19.2 Å². The number of ketones is 1. The largest absolute Gasteiger partial charge is 0.508 e. The molecule has 0 aromatic heterocycles. The lowest BCUT2D eigenvalue weighted by Gasteiger charge is -2.21. The lowest BCUT2D eigenvalue weighted by atomic mass is 9.89. The van der Waals surface area contributed by atoms with Gasteiger partial charge in [-0.25, -0.2) is 0 Å². The van der Waals surface area contributed by atoms with E-state index in [0.717, 1.165) is 16.7 Å². The highest BCUT2D eigenvalue weighted by molar-refractivity contribution is 6.03. The molecule has 7 rings (SSSR count). The molecule has 0 amide bonds. The van der Waals surface area contributed by atoms with Crippen molar-refractivity contribution < 1.29 is 45.3 Å². The second kappa shape index (κ2) is 18.0. The number of benzene rings is 7. The van der Waals surface area contributed by atoms with Crippen molar-refractivity contribution in [3.8, 4) is 46.0 Å². The molecular weight excluding hydrogens is 757 g/mol. The summed E-state index contributed by atoms with van der Waals surface area (Å²) < 4.78 is 5.72. The van der Waals surface area contributed by atoms with Crippen LogP contribution in [-0.4, -0.2) is 48.6 Å². The molecule has 0 atom stereocenters. The van der Waals surface area contributed by atoms with E-state index in [0.29, 0.717) is 46.2 Å². The van der Waals surface area contributed by atoms with Gasteiger partial charge in [0.1, 0.15) is 51.6 Å². The van der Waals surface area contributed by atoms with Crippen molar-refractivity contribution in [1.82, 2.24) is 0 Å². The summed E-state index contributed by atoms with van der Waals surface area (Å²) >= 11 is 0. The average molecular weight is 803 g/mol. The Hall–Kier alpha value is -7.39. The highest BCUT2D eigenvalue weighted by Gasteiger charge is 2.29. The first-order valence-electron chi connectivity index (χ1n) is 19.7. The Kier molecular flexibility index (Phi) is 12.3. The molecule has 0 saturated carbocycles. The Morgan fingerprint density at radius 1 is 0.433 bits per heavy atom. The molecule has 0 aliphatic carbocycles. The average Bonchev–Trinajstić information content (AvgIpc) is 3.25. The number of hydrogen-bond donors (Lipinski definition) is 7. The predicted octanol–water partition coefficient (Wildman–Crippen LogP) is 9.40. The topological polar surface area (TPSA) is 168 Å². The van der Waals surface area contributed by atoms with Crippen LogP contribution >= 0.6 is 0 Å². The number of rotatable bonds is 15. The standard InChI is InChI=1S/C51H46O9/c1-60-51-41(29-35-13-6-8-17-43(35)53)49(58)40(50(59)47(51)46(56)23-18-31-10-3-2-4-11-31)30-39-27-33(20-22-45(39)55)25-36-14-9-15-37(48(36)57)28-38-26-32(19-21-44(38)54)24-34-12-5-7-16-42(34)52/h2-17,19-22,26-27,52-55,57-59H,18,23-25,28-30H2,1H3. The van der Waals surface area contributed by atoms with E-state index < -0.39 is 11.5 Å². The maximum absolute atomic E-state index is 14.0. The SMILES string of the molecule is COc1c(Cc2ccccc2O)c(O)c(Cc2cc(Cc3cccc(Cc4cc(Cc5ccccc5O)ccc4O)c3O)ccc2O)c(O)c1C(=O)CCc1ccccc1. The second-order valence-corrected chi connectivity index (χ2v) is 15.0. The van der Waals surface area contributed by atoms with Crippen molar-refractivity contribution in [2.75, 3.05) is 7.11 Å². The van der Waals surface area contributed by atoms with Gasteiger partial charge in [-0.1, -0.05) is 109 Å². The normalized spacial score (nSPS) is 11.1. The van der Waals surface area contributed by atoms with Gasteiger partial charge in [-0.3, -0.25) is 4.79 Å². The summed E-state index contributed by atoms with van der Waals surface area (Å²) in [4.78, 5) is 14.0. The zero-order valence-corrected chi connectivity index (χ0v) is 33.1. The number of carbonyl (C=O) groups is 1. The lowest BCUT2D eigenvalue weighted by molar-refractivity contribution is 0.0976. The third-order valence-electron chi connectivity index (χ3n) is 10.9. The second-order valence-electron chi connectivity index (χ2n) is 15.0. The quantitative estimate of drug-likeness (QED) is 0.0500. The van der Waals surface area contributed by atoms with E-state index in [1.54, 1.807) is 66.7 Å². The zero-order chi connectivity index (χ0) is 42.3. The molecule has 0 aliphatic rings. The molecule has 7 aromatic carbocycles. The van der Waals surface area contributed by atoms with Gasteiger partial charge in [0, 0.05) is 49.7 Å². The van der Waals surface area contributed by atoms with Crippen molar-refractivity contribution in [2.45, 2.75) is 44.9 Å². The highest BCUT2D eigenvalue weighted by Crippen LogP contribution is 2.46. The molecule has 304 valence electrons. The summed E-state index contributed by atoms with van der Waals surface area (Å²) in [6.45, 7) is 0. The number of para-hydroxylation sites is 3. The maximum Gasteiger partial charge on any atom is 0.170 e. The van der Waals surface area contributed by atoms with Crippen LogP contribution in [0.2, 0.25) is 0 Å². The first kappa shape index (κ1) is 40.8. The molecule has 0 aliphatic heterocycles. The van der Waals surface area contributed by atoms with Gasteiger partial charge < -0.3 is 40.5 Å². The minimum Gasteiger partial charge on any atom is -0.508 e. The van der Waals surface area contributed by atoms with Gasteiger partial charge >= 0.3 is 0 Å². The molecule has 0 spiro atoms. The number of Topliss-reactive ketones (excluding diaryl/α,β-unsaturated/α-hetero) is 1. The van der Waals surface area contributed by atoms with Crippen LogP contribution in [0.5, 0.6) is 46.0 Å². The van der Waals surface area contributed by atoms with Crippen LogP contribution in [0.1, 0.15) is 78.0 Å². The molecule has 0 saturated heterocycles. The van der Waals surface area contributed by atoms with Crippen molar-refractivity contribution in [1.29, 1.82) is 0 Å². The molecule has 0 radical (unpaired) electrons. The number of phenols is 7. The Balaban J connectivity index is 1.19. The highest BCUT2D eigenvalue weighted by atomic mass is 16.5. The Labute approximate surface area is 348 Å². The van der Waals surface area contributed by atoms with Gasteiger partial charge in [0.05, 0.1) is 7.11 Å². The third kappa shape index (κ3) is 9.01. The maximum atomic E-state index is 14.0. The van der Waals surface area contributed by atoms with Crippen LogP contribution in [0.3, 0.4) is 0 Å².